The molecule has 0 saturated carbocycles. The number of rotatable bonds is 5. The molecule has 0 unspecified atom stereocenters. The Hall–Kier alpha value is -3.15. The van der Waals surface area contributed by atoms with Gasteiger partial charge in [0.05, 0.1) is 5.69 Å². The fourth-order valence-electron chi connectivity index (χ4n) is 3.26. The first kappa shape index (κ1) is 18.2. The monoisotopic (exact) mass is 374 g/mol. The summed E-state index contributed by atoms with van der Waals surface area (Å²) in [5, 5.41) is 8.75. The molecule has 0 radical (unpaired) electrons. The molecule has 0 aliphatic carbocycles. The van der Waals surface area contributed by atoms with Crippen LogP contribution in [0.5, 0.6) is 11.5 Å². The van der Waals surface area contributed by atoms with E-state index < -0.39 is 0 Å². The fraction of sp³-hybridized carbons (Fsp3) is 0.174. The van der Waals surface area contributed by atoms with Crippen molar-refractivity contribution in [3.05, 3.63) is 77.1 Å². The largest absolute Gasteiger partial charge is 0.486 e. The Balaban J connectivity index is 1.60. The molecule has 1 aliphatic rings. The van der Waals surface area contributed by atoms with Gasteiger partial charge < -0.3 is 14.7 Å². The van der Waals surface area contributed by atoms with Gasteiger partial charge in [-0.05, 0) is 59.0 Å². The minimum atomic E-state index is 0.383. The molecule has 5 nitrogen and oxygen atoms in total. The molecule has 28 heavy (non-hydrogen) atoms. The van der Waals surface area contributed by atoms with E-state index >= 15 is 0 Å². The fourth-order valence-corrected chi connectivity index (χ4v) is 3.26. The maximum Gasteiger partial charge on any atom is 0.161 e. The number of fused-ring (bicyclic) bond motifs is 1. The van der Waals surface area contributed by atoms with Gasteiger partial charge in [0, 0.05) is 12.7 Å². The maximum atomic E-state index is 8.75. The van der Waals surface area contributed by atoms with Crippen LogP contribution in [0.15, 0.2) is 54.7 Å². The van der Waals surface area contributed by atoms with Crippen LogP contribution < -0.4 is 15.0 Å². The SMILES string of the molecule is Cc1c(/C=C/c2ccc(CNO)cn2)cccc1-c1ccc2c(c1)OCCO2. The zero-order valence-corrected chi connectivity index (χ0v) is 15.7. The number of benzene rings is 2. The zero-order valence-electron chi connectivity index (χ0n) is 15.7. The molecule has 142 valence electrons. The average Bonchev–Trinajstić information content (AvgIpc) is 2.74. The third-order valence-electron chi connectivity index (χ3n) is 4.79. The topological polar surface area (TPSA) is 63.6 Å². The van der Waals surface area contributed by atoms with Crippen molar-refractivity contribution >= 4 is 12.2 Å². The van der Waals surface area contributed by atoms with Crippen LogP contribution in [0.25, 0.3) is 23.3 Å². The first-order chi connectivity index (χ1) is 13.7. The van der Waals surface area contributed by atoms with Gasteiger partial charge in [0.15, 0.2) is 11.5 Å². The summed E-state index contributed by atoms with van der Waals surface area (Å²) in [6.45, 7) is 3.68. The van der Waals surface area contributed by atoms with Gasteiger partial charge in [-0.2, -0.15) is 0 Å². The number of nitrogens with one attached hydrogen (secondary N) is 1. The van der Waals surface area contributed by atoms with E-state index in [1.807, 2.05) is 30.3 Å². The quantitative estimate of drug-likeness (QED) is 0.645. The summed E-state index contributed by atoms with van der Waals surface area (Å²) in [5.74, 6) is 1.60. The van der Waals surface area contributed by atoms with Crippen LogP contribution in [0, 0.1) is 6.92 Å². The van der Waals surface area contributed by atoms with E-state index in [0.717, 1.165) is 39.4 Å². The minimum absolute atomic E-state index is 0.383. The number of hydroxylamine groups is 1. The van der Waals surface area contributed by atoms with E-state index in [-0.39, 0.29) is 0 Å². The predicted molar refractivity (Wildman–Crippen MR) is 109 cm³/mol. The van der Waals surface area contributed by atoms with E-state index in [0.29, 0.717) is 19.8 Å². The highest BCUT2D eigenvalue weighted by Gasteiger charge is 2.13. The molecule has 0 saturated heterocycles. The number of pyridine rings is 1. The van der Waals surface area contributed by atoms with Crippen molar-refractivity contribution in [2.24, 2.45) is 0 Å². The molecule has 0 spiro atoms. The number of hydrogen-bond acceptors (Lipinski definition) is 5. The van der Waals surface area contributed by atoms with Crippen LogP contribution in [0.4, 0.5) is 0 Å². The van der Waals surface area contributed by atoms with Crippen molar-refractivity contribution in [1.29, 1.82) is 0 Å². The minimum Gasteiger partial charge on any atom is -0.486 e. The zero-order chi connectivity index (χ0) is 19.3. The van der Waals surface area contributed by atoms with E-state index in [9.17, 15) is 0 Å². The highest BCUT2D eigenvalue weighted by atomic mass is 16.6. The van der Waals surface area contributed by atoms with E-state index in [2.05, 4.69) is 47.7 Å². The second-order valence-corrected chi connectivity index (χ2v) is 6.64. The van der Waals surface area contributed by atoms with Crippen molar-refractivity contribution in [3.8, 4) is 22.6 Å². The Morgan fingerprint density at radius 3 is 2.68 bits per heavy atom. The van der Waals surface area contributed by atoms with Crippen molar-refractivity contribution in [3.63, 3.8) is 0 Å². The summed E-state index contributed by atoms with van der Waals surface area (Å²) in [6, 6.07) is 16.2. The smallest absolute Gasteiger partial charge is 0.161 e. The molecule has 4 rings (SSSR count). The number of nitrogens with zero attached hydrogens (tertiary/aromatic N) is 1. The van der Waals surface area contributed by atoms with E-state index in [1.165, 1.54) is 5.56 Å². The van der Waals surface area contributed by atoms with E-state index in [4.69, 9.17) is 14.7 Å². The summed E-state index contributed by atoms with van der Waals surface area (Å²) < 4.78 is 11.3. The second-order valence-electron chi connectivity index (χ2n) is 6.64. The molecule has 0 atom stereocenters. The molecule has 3 aromatic rings. The summed E-state index contributed by atoms with van der Waals surface area (Å²) in [5.41, 5.74) is 8.53. The molecule has 5 heteroatoms. The lowest BCUT2D eigenvalue weighted by Gasteiger charge is -2.19. The second kappa shape index (κ2) is 8.25. The molecule has 0 bridgehead atoms. The average molecular weight is 374 g/mol. The van der Waals surface area contributed by atoms with Crippen molar-refractivity contribution < 1.29 is 14.7 Å². The Labute approximate surface area is 164 Å². The standard InChI is InChI=1S/C23H22N2O3/c1-16-18(6-9-20-8-5-17(14-24-20)15-25-26)3-2-4-21(16)19-7-10-22-23(13-19)28-12-11-27-22/h2-10,13-14,25-26H,11-12,15H2,1H3/b9-6+. The number of ether oxygens (including phenoxy) is 2. The van der Waals surface area contributed by atoms with Gasteiger partial charge in [0.1, 0.15) is 13.2 Å². The summed E-state index contributed by atoms with van der Waals surface area (Å²) >= 11 is 0. The molecule has 2 aromatic carbocycles. The number of hydrogen-bond donors (Lipinski definition) is 2. The summed E-state index contributed by atoms with van der Waals surface area (Å²) in [7, 11) is 0. The molecule has 2 N–H and O–H groups in total. The van der Waals surface area contributed by atoms with Crippen LogP contribution in [-0.4, -0.2) is 23.4 Å². The van der Waals surface area contributed by atoms with Gasteiger partial charge in [-0.15, -0.1) is 0 Å². The molecular weight excluding hydrogens is 352 g/mol. The lowest BCUT2D eigenvalue weighted by atomic mass is 9.95. The van der Waals surface area contributed by atoms with Crippen LogP contribution in [0.1, 0.15) is 22.4 Å². The highest BCUT2D eigenvalue weighted by molar-refractivity contribution is 5.77. The van der Waals surface area contributed by atoms with Gasteiger partial charge in [0.2, 0.25) is 0 Å². The third-order valence-corrected chi connectivity index (χ3v) is 4.79. The Kier molecular flexibility index (Phi) is 5.37. The number of aromatic nitrogens is 1. The lowest BCUT2D eigenvalue weighted by molar-refractivity contribution is 0.161. The van der Waals surface area contributed by atoms with Crippen molar-refractivity contribution in [1.82, 2.24) is 10.5 Å². The Bertz CT molecular complexity index is 997. The normalized spacial score (nSPS) is 13.1. The van der Waals surface area contributed by atoms with Gasteiger partial charge >= 0.3 is 0 Å². The van der Waals surface area contributed by atoms with Gasteiger partial charge in [0.25, 0.3) is 0 Å². The first-order valence-electron chi connectivity index (χ1n) is 9.24. The molecule has 2 heterocycles. The van der Waals surface area contributed by atoms with Crippen LogP contribution in [-0.2, 0) is 6.54 Å². The summed E-state index contributed by atoms with van der Waals surface area (Å²) in [6.07, 6.45) is 5.82. The van der Waals surface area contributed by atoms with Crippen molar-refractivity contribution in [2.75, 3.05) is 13.2 Å². The Morgan fingerprint density at radius 2 is 1.89 bits per heavy atom. The van der Waals surface area contributed by atoms with Crippen molar-refractivity contribution in [2.45, 2.75) is 13.5 Å². The Morgan fingerprint density at radius 1 is 1.04 bits per heavy atom. The third kappa shape index (κ3) is 3.91. The molecule has 0 fully saturated rings. The highest BCUT2D eigenvalue weighted by Crippen LogP contribution is 2.36. The summed E-state index contributed by atoms with van der Waals surface area (Å²) in [4.78, 5) is 4.40. The van der Waals surface area contributed by atoms with Crippen LogP contribution >= 0.6 is 0 Å². The lowest BCUT2D eigenvalue weighted by Crippen LogP contribution is -2.15. The predicted octanol–water partition coefficient (Wildman–Crippen LogP) is 4.48. The van der Waals surface area contributed by atoms with E-state index in [1.54, 1.807) is 6.20 Å². The van der Waals surface area contributed by atoms with Crippen LogP contribution in [0.3, 0.4) is 0 Å². The van der Waals surface area contributed by atoms with Gasteiger partial charge in [-0.3, -0.25) is 4.98 Å². The maximum absolute atomic E-state index is 8.75. The first-order valence-corrected chi connectivity index (χ1v) is 9.24. The molecule has 1 aliphatic heterocycles. The van der Waals surface area contributed by atoms with Crippen LogP contribution in [0.2, 0.25) is 0 Å². The van der Waals surface area contributed by atoms with Gasteiger partial charge in [-0.25, -0.2) is 5.48 Å². The molecule has 1 aromatic heterocycles. The molecule has 0 amide bonds. The molecular formula is C23H22N2O3. The van der Waals surface area contributed by atoms with Gasteiger partial charge in [-0.1, -0.05) is 36.4 Å².